The van der Waals surface area contributed by atoms with Crippen molar-refractivity contribution < 1.29 is 9.53 Å². The molecule has 0 radical (unpaired) electrons. The van der Waals surface area contributed by atoms with Gasteiger partial charge in [-0.25, -0.2) is 4.98 Å². The fraction of sp³-hybridized carbons (Fsp3) is 0.273. The van der Waals surface area contributed by atoms with Crippen LogP contribution in [0.1, 0.15) is 46.7 Å². The van der Waals surface area contributed by atoms with E-state index in [2.05, 4.69) is 16.2 Å². The number of nitrogens with one attached hydrogen (secondary N) is 1. The molecule has 0 atom stereocenters. The Morgan fingerprint density at radius 3 is 2.81 bits per heavy atom. The van der Waals surface area contributed by atoms with Gasteiger partial charge in [0.25, 0.3) is 5.91 Å². The van der Waals surface area contributed by atoms with Crippen molar-refractivity contribution in [3.8, 4) is 12.3 Å². The number of rotatable bonds is 5. The van der Waals surface area contributed by atoms with Crippen LogP contribution in [0.4, 0.5) is 0 Å². The van der Waals surface area contributed by atoms with Crippen LogP contribution < -0.4 is 5.32 Å². The number of hydrogen-bond donors (Lipinski definition) is 1. The average molecular weight is 361 g/mol. The van der Waals surface area contributed by atoms with Gasteiger partial charge in [0.2, 0.25) is 0 Å². The van der Waals surface area contributed by atoms with Gasteiger partial charge < -0.3 is 14.5 Å². The van der Waals surface area contributed by atoms with E-state index in [1.54, 1.807) is 13.2 Å². The number of aryl methyl sites for hydroxylation is 1. The van der Waals surface area contributed by atoms with Crippen molar-refractivity contribution in [3.05, 3.63) is 70.7 Å². The summed E-state index contributed by atoms with van der Waals surface area (Å²) in [5.41, 5.74) is 4.06. The van der Waals surface area contributed by atoms with Gasteiger partial charge in [-0.15, -0.1) is 6.42 Å². The van der Waals surface area contributed by atoms with Gasteiger partial charge in [-0.3, -0.25) is 4.79 Å². The van der Waals surface area contributed by atoms with Crippen LogP contribution in [0.15, 0.2) is 42.6 Å². The topological polar surface area (TPSA) is 55.6 Å². The van der Waals surface area contributed by atoms with Crippen molar-refractivity contribution >= 4 is 11.6 Å². The molecule has 1 N–H and O–H groups in total. The maximum Gasteiger partial charge on any atom is 0.255 e. The van der Waals surface area contributed by atoms with Gasteiger partial charge in [-0.1, -0.05) is 18.1 Å². The molecule has 0 unspecified atom stereocenters. The number of terminal acetylenes is 1. The van der Waals surface area contributed by atoms with E-state index in [0.717, 1.165) is 22.5 Å². The number of nitrogens with zero attached hydrogens (tertiary/aromatic N) is 2. The monoisotopic (exact) mass is 361 g/mol. The second-order valence-corrected chi connectivity index (χ2v) is 7.05. The van der Waals surface area contributed by atoms with E-state index in [-0.39, 0.29) is 5.91 Å². The molecule has 0 bridgehead atoms. The Morgan fingerprint density at radius 1 is 1.33 bits per heavy atom. The summed E-state index contributed by atoms with van der Waals surface area (Å²) >= 11 is 0. The van der Waals surface area contributed by atoms with Gasteiger partial charge in [0.1, 0.15) is 5.65 Å². The van der Waals surface area contributed by atoms with Crippen molar-refractivity contribution in [1.29, 1.82) is 0 Å². The number of ether oxygens (including phenoxy) is 1. The number of carbonyl (C=O) groups excluding carboxylic acids is 1. The molecule has 0 fully saturated rings. The first kappa shape index (κ1) is 18.7. The molecule has 0 aliphatic heterocycles. The summed E-state index contributed by atoms with van der Waals surface area (Å²) in [6.45, 7) is 6.25. The van der Waals surface area contributed by atoms with Gasteiger partial charge in [-0.2, -0.15) is 0 Å². The third-order valence-corrected chi connectivity index (χ3v) is 4.54. The molecule has 1 aromatic carbocycles. The number of methoxy groups -OCH3 is 1. The highest BCUT2D eigenvalue weighted by molar-refractivity contribution is 6.00. The lowest BCUT2D eigenvalue weighted by Crippen LogP contribution is -2.41. The van der Waals surface area contributed by atoms with E-state index in [0.29, 0.717) is 17.8 Å². The van der Waals surface area contributed by atoms with Gasteiger partial charge in [-0.05, 0) is 50.6 Å². The van der Waals surface area contributed by atoms with Gasteiger partial charge in [0.15, 0.2) is 0 Å². The fourth-order valence-corrected chi connectivity index (χ4v) is 3.14. The van der Waals surface area contributed by atoms with Crippen LogP contribution in [0, 0.1) is 19.3 Å². The zero-order valence-electron chi connectivity index (χ0n) is 16.0. The van der Waals surface area contributed by atoms with E-state index in [4.69, 9.17) is 11.2 Å². The molecule has 3 rings (SSSR count). The summed E-state index contributed by atoms with van der Waals surface area (Å²) in [6.07, 6.45) is 7.34. The normalized spacial score (nSPS) is 11.4. The van der Waals surface area contributed by atoms with E-state index in [1.807, 2.05) is 61.7 Å². The Labute approximate surface area is 159 Å². The van der Waals surface area contributed by atoms with Crippen LogP contribution in [-0.2, 0) is 16.9 Å². The fourth-order valence-electron chi connectivity index (χ4n) is 3.14. The van der Waals surface area contributed by atoms with Gasteiger partial charge >= 0.3 is 0 Å². The van der Waals surface area contributed by atoms with Crippen molar-refractivity contribution in [2.24, 2.45) is 0 Å². The Kier molecular flexibility index (Phi) is 5.02. The Balaban J connectivity index is 1.95. The van der Waals surface area contributed by atoms with Crippen LogP contribution in [0.3, 0.4) is 0 Å². The number of amides is 1. The number of fused-ring (bicyclic) bond motifs is 1. The molecule has 5 nitrogen and oxygen atoms in total. The van der Waals surface area contributed by atoms with Crippen LogP contribution >= 0.6 is 0 Å². The molecule has 2 aromatic heterocycles. The summed E-state index contributed by atoms with van der Waals surface area (Å²) in [6, 6.07) is 11.4. The Hall–Kier alpha value is -3.10. The Bertz CT molecular complexity index is 1040. The van der Waals surface area contributed by atoms with Crippen LogP contribution in [0.5, 0.6) is 0 Å². The third-order valence-electron chi connectivity index (χ3n) is 4.54. The number of hydrogen-bond acceptors (Lipinski definition) is 3. The minimum atomic E-state index is -0.586. The van der Waals surface area contributed by atoms with Crippen molar-refractivity contribution in [2.75, 3.05) is 7.11 Å². The number of carbonyl (C=O) groups is 1. The number of benzene rings is 1. The van der Waals surface area contributed by atoms with Gasteiger partial charge in [0.05, 0.1) is 23.4 Å². The molecule has 3 aromatic rings. The average Bonchev–Trinajstić information content (AvgIpc) is 3.05. The highest BCUT2D eigenvalue weighted by Crippen LogP contribution is 2.23. The first-order chi connectivity index (χ1) is 12.9. The lowest BCUT2D eigenvalue weighted by Gasteiger charge is -2.27. The smallest absolute Gasteiger partial charge is 0.255 e. The molecule has 0 aliphatic carbocycles. The first-order valence-corrected chi connectivity index (χ1v) is 8.72. The molecule has 0 saturated heterocycles. The molecular formula is C22H23N3O2. The predicted molar refractivity (Wildman–Crippen MR) is 106 cm³/mol. The lowest BCUT2D eigenvalue weighted by molar-refractivity contribution is 0.0913. The predicted octanol–water partition coefficient (Wildman–Crippen LogP) is 3.44. The molecule has 1 amide bonds. The minimum Gasteiger partial charge on any atom is -0.378 e. The first-order valence-electron chi connectivity index (χ1n) is 8.72. The zero-order valence-corrected chi connectivity index (χ0v) is 16.0. The molecule has 138 valence electrons. The zero-order chi connectivity index (χ0) is 19.6. The van der Waals surface area contributed by atoms with Gasteiger partial charge in [0, 0.05) is 24.6 Å². The van der Waals surface area contributed by atoms with Crippen LogP contribution in [0.25, 0.3) is 5.65 Å². The molecular weight excluding hydrogens is 338 g/mol. The Morgan fingerprint density at radius 2 is 2.11 bits per heavy atom. The maximum atomic E-state index is 13.0. The SMILES string of the molecule is C#Cc1cccc(C(C)(C)NC(=O)c2ccn3c(COC)cc(C)nc23)c1. The lowest BCUT2D eigenvalue weighted by atomic mass is 9.92. The minimum absolute atomic E-state index is 0.185. The van der Waals surface area contributed by atoms with Crippen molar-refractivity contribution in [3.63, 3.8) is 0 Å². The summed E-state index contributed by atoms with van der Waals surface area (Å²) in [5, 5.41) is 3.10. The van der Waals surface area contributed by atoms with Crippen molar-refractivity contribution in [2.45, 2.75) is 32.9 Å². The van der Waals surface area contributed by atoms with Crippen LogP contribution in [-0.4, -0.2) is 22.4 Å². The van der Waals surface area contributed by atoms with E-state index >= 15 is 0 Å². The number of aromatic nitrogens is 2. The van der Waals surface area contributed by atoms with E-state index in [9.17, 15) is 4.79 Å². The quantitative estimate of drug-likeness (QED) is 0.709. The van der Waals surface area contributed by atoms with Crippen molar-refractivity contribution in [1.82, 2.24) is 14.7 Å². The summed E-state index contributed by atoms with van der Waals surface area (Å²) < 4.78 is 7.14. The maximum absolute atomic E-state index is 13.0. The molecule has 0 aliphatic rings. The second kappa shape index (κ2) is 7.26. The molecule has 0 spiro atoms. The highest BCUT2D eigenvalue weighted by atomic mass is 16.5. The summed E-state index contributed by atoms with van der Waals surface area (Å²) in [5.74, 6) is 2.45. The van der Waals surface area contributed by atoms with E-state index < -0.39 is 5.54 Å². The molecule has 5 heteroatoms. The third kappa shape index (κ3) is 3.71. The summed E-state index contributed by atoms with van der Waals surface area (Å²) in [7, 11) is 1.64. The van der Waals surface area contributed by atoms with E-state index in [1.165, 1.54) is 0 Å². The highest BCUT2D eigenvalue weighted by Gasteiger charge is 2.25. The van der Waals surface area contributed by atoms with Crippen LogP contribution in [0.2, 0.25) is 0 Å². The summed E-state index contributed by atoms with van der Waals surface area (Å²) in [4.78, 5) is 17.6. The molecule has 0 saturated carbocycles. The second-order valence-electron chi connectivity index (χ2n) is 7.05. The molecule has 27 heavy (non-hydrogen) atoms. The molecule has 2 heterocycles. The largest absolute Gasteiger partial charge is 0.378 e. The standard InChI is InChI=1S/C22H23N3O2/c1-6-16-8-7-9-17(13-16)22(3,4)24-21(26)19-10-11-25-18(14-27-5)12-15(2)23-20(19)25/h1,7-13H,14H2,2-5H3,(H,24,26).